The van der Waals surface area contributed by atoms with Gasteiger partial charge >= 0.3 is 0 Å². The summed E-state index contributed by atoms with van der Waals surface area (Å²) >= 11 is 0. The van der Waals surface area contributed by atoms with Crippen molar-refractivity contribution in [3.05, 3.63) is 29.6 Å². The highest BCUT2D eigenvalue weighted by Crippen LogP contribution is 2.08. The number of aromatic nitrogens is 1. The van der Waals surface area contributed by atoms with Gasteiger partial charge in [0.15, 0.2) is 0 Å². The molecule has 0 aliphatic carbocycles. The van der Waals surface area contributed by atoms with Crippen LogP contribution in [0.2, 0.25) is 0 Å². The molecule has 1 aromatic rings. The number of hydrogen-bond acceptors (Lipinski definition) is 4. The number of hydrogen-bond donors (Lipinski definition) is 2. The highest BCUT2D eigenvalue weighted by atomic mass is 16.2. The number of piperidine rings is 1. The maximum Gasteiger partial charge on any atom is 0.285 e. The van der Waals surface area contributed by atoms with E-state index in [-0.39, 0.29) is 12.5 Å². The third-order valence-corrected chi connectivity index (χ3v) is 2.94. The summed E-state index contributed by atoms with van der Waals surface area (Å²) < 4.78 is 0. The maximum atomic E-state index is 12.2. The molecule has 0 bridgehead atoms. The van der Waals surface area contributed by atoms with E-state index in [0.717, 1.165) is 25.9 Å². The van der Waals surface area contributed by atoms with E-state index >= 15 is 0 Å². The van der Waals surface area contributed by atoms with E-state index in [2.05, 4.69) is 22.3 Å². The SMILES string of the molecule is O=C(NN1CCCCC1)c1ncccc1C#CCO. The van der Waals surface area contributed by atoms with Crippen LogP contribution in [0.25, 0.3) is 0 Å². The Balaban J connectivity index is 2.09. The van der Waals surface area contributed by atoms with Gasteiger partial charge in [-0.25, -0.2) is 9.99 Å². The molecule has 1 aliphatic rings. The molecular weight excluding hydrogens is 242 g/mol. The number of rotatable bonds is 2. The van der Waals surface area contributed by atoms with Gasteiger partial charge < -0.3 is 5.11 Å². The number of aliphatic hydroxyl groups is 1. The van der Waals surface area contributed by atoms with Crippen molar-refractivity contribution in [3.63, 3.8) is 0 Å². The Bertz CT molecular complexity index is 499. The molecule has 2 heterocycles. The lowest BCUT2D eigenvalue weighted by Gasteiger charge is -2.26. The van der Waals surface area contributed by atoms with Crippen molar-refractivity contribution in [2.75, 3.05) is 19.7 Å². The Labute approximate surface area is 112 Å². The zero-order chi connectivity index (χ0) is 13.5. The van der Waals surface area contributed by atoms with E-state index in [0.29, 0.717) is 11.3 Å². The van der Waals surface area contributed by atoms with Gasteiger partial charge in [0.2, 0.25) is 0 Å². The van der Waals surface area contributed by atoms with Crippen LogP contribution in [0.5, 0.6) is 0 Å². The molecule has 1 aliphatic heterocycles. The first-order valence-corrected chi connectivity index (χ1v) is 6.42. The van der Waals surface area contributed by atoms with Gasteiger partial charge in [-0.15, -0.1) is 0 Å². The lowest BCUT2D eigenvalue weighted by atomic mass is 10.1. The molecule has 2 rings (SSSR count). The molecule has 1 fully saturated rings. The van der Waals surface area contributed by atoms with Gasteiger partial charge in [-0.3, -0.25) is 10.2 Å². The van der Waals surface area contributed by atoms with Gasteiger partial charge in [0, 0.05) is 19.3 Å². The van der Waals surface area contributed by atoms with Crippen LogP contribution in [0.1, 0.15) is 35.3 Å². The molecule has 0 aromatic carbocycles. The highest BCUT2D eigenvalue weighted by Gasteiger charge is 2.16. The summed E-state index contributed by atoms with van der Waals surface area (Å²) in [6.07, 6.45) is 4.97. The van der Waals surface area contributed by atoms with Gasteiger partial charge in [0.1, 0.15) is 12.3 Å². The van der Waals surface area contributed by atoms with Crippen molar-refractivity contribution < 1.29 is 9.90 Å². The summed E-state index contributed by atoms with van der Waals surface area (Å²) in [4.78, 5) is 16.2. The lowest BCUT2D eigenvalue weighted by Crippen LogP contribution is -2.45. The van der Waals surface area contributed by atoms with Crippen molar-refractivity contribution in [1.82, 2.24) is 15.4 Å². The summed E-state index contributed by atoms with van der Waals surface area (Å²) in [6, 6.07) is 3.44. The minimum Gasteiger partial charge on any atom is -0.384 e. The zero-order valence-electron chi connectivity index (χ0n) is 10.7. The van der Waals surface area contributed by atoms with Crippen LogP contribution in [0, 0.1) is 11.8 Å². The number of aliphatic hydroxyl groups excluding tert-OH is 1. The minimum atomic E-state index is -0.246. The fourth-order valence-electron chi connectivity index (χ4n) is 2.02. The topological polar surface area (TPSA) is 65.5 Å². The van der Waals surface area contributed by atoms with E-state index < -0.39 is 0 Å². The first-order valence-electron chi connectivity index (χ1n) is 6.42. The van der Waals surface area contributed by atoms with Crippen LogP contribution in [0.3, 0.4) is 0 Å². The molecule has 0 saturated carbocycles. The molecule has 0 unspecified atom stereocenters. The van der Waals surface area contributed by atoms with Crippen LogP contribution in [-0.2, 0) is 0 Å². The van der Waals surface area contributed by atoms with E-state index in [1.165, 1.54) is 6.42 Å². The summed E-state index contributed by atoms with van der Waals surface area (Å²) in [5.41, 5.74) is 3.69. The Morgan fingerprint density at radius 3 is 2.95 bits per heavy atom. The fourth-order valence-corrected chi connectivity index (χ4v) is 2.02. The number of hydrazine groups is 1. The van der Waals surface area contributed by atoms with Crippen molar-refractivity contribution >= 4 is 5.91 Å². The molecule has 0 atom stereocenters. The summed E-state index contributed by atoms with van der Waals surface area (Å²) in [5, 5.41) is 10.6. The van der Waals surface area contributed by atoms with Crippen LogP contribution >= 0.6 is 0 Å². The second-order valence-corrected chi connectivity index (χ2v) is 4.35. The number of carbonyl (C=O) groups excluding carboxylic acids is 1. The molecule has 5 nitrogen and oxygen atoms in total. The van der Waals surface area contributed by atoms with Crippen molar-refractivity contribution in [3.8, 4) is 11.8 Å². The van der Waals surface area contributed by atoms with Crippen LogP contribution < -0.4 is 5.43 Å². The number of carbonyl (C=O) groups is 1. The predicted molar refractivity (Wildman–Crippen MR) is 71.1 cm³/mol. The maximum absolute atomic E-state index is 12.2. The van der Waals surface area contributed by atoms with Crippen LogP contribution in [0.4, 0.5) is 0 Å². The highest BCUT2D eigenvalue weighted by molar-refractivity contribution is 5.94. The molecule has 1 amide bonds. The molecule has 0 radical (unpaired) electrons. The summed E-state index contributed by atoms with van der Waals surface area (Å²) in [6.45, 7) is 1.51. The number of pyridine rings is 1. The largest absolute Gasteiger partial charge is 0.384 e. The second kappa shape index (κ2) is 6.88. The van der Waals surface area contributed by atoms with Crippen LogP contribution in [0.15, 0.2) is 18.3 Å². The van der Waals surface area contributed by atoms with E-state index in [9.17, 15) is 4.79 Å². The average molecular weight is 259 g/mol. The molecule has 1 saturated heterocycles. The molecule has 5 heteroatoms. The van der Waals surface area contributed by atoms with E-state index in [1.54, 1.807) is 18.3 Å². The first-order chi connectivity index (χ1) is 9.31. The number of nitrogens with one attached hydrogen (secondary N) is 1. The summed E-state index contributed by atoms with van der Waals surface area (Å²) in [7, 11) is 0. The van der Waals surface area contributed by atoms with Crippen molar-refractivity contribution in [2.24, 2.45) is 0 Å². The zero-order valence-corrected chi connectivity index (χ0v) is 10.7. The molecule has 2 N–H and O–H groups in total. The smallest absolute Gasteiger partial charge is 0.285 e. The Morgan fingerprint density at radius 2 is 2.21 bits per heavy atom. The third-order valence-electron chi connectivity index (χ3n) is 2.94. The standard InChI is InChI=1S/C14H17N3O2/c18-11-5-7-12-6-4-8-15-13(12)14(19)16-17-9-2-1-3-10-17/h4,6,8,18H,1-3,9-11H2,(H,16,19). The monoisotopic (exact) mass is 259 g/mol. The first kappa shape index (κ1) is 13.5. The normalized spacial score (nSPS) is 15.4. The van der Waals surface area contributed by atoms with Crippen molar-refractivity contribution in [2.45, 2.75) is 19.3 Å². The van der Waals surface area contributed by atoms with Gasteiger partial charge in [-0.2, -0.15) is 0 Å². The number of nitrogens with zero attached hydrogens (tertiary/aromatic N) is 2. The van der Waals surface area contributed by atoms with Crippen molar-refractivity contribution in [1.29, 1.82) is 0 Å². The molecule has 0 spiro atoms. The fraction of sp³-hybridized carbons (Fsp3) is 0.429. The molecule has 19 heavy (non-hydrogen) atoms. The molecular formula is C14H17N3O2. The lowest BCUT2D eigenvalue weighted by molar-refractivity contribution is 0.0744. The van der Waals surface area contributed by atoms with E-state index in [4.69, 9.17) is 5.11 Å². The molecule has 1 aromatic heterocycles. The Morgan fingerprint density at radius 1 is 1.42 bits per heavy atom. The second-order valence-electron chi connectivity index (χ2n) is 4.35. The van der Waals surface area contributed by atoms with Gasteiger partial charge in [0.25, 0.3) is 5.91 Å². The van der Waals surface area contributed by atoms with Gasteiger partial charge in [0.05, 0.1) is 5.56 Å². The summed E-state index contributed by atoms with van der Waals surface area (Å²) in [5.74, 6) is 5.03. The van der Waals surface area contributed by atoms with Gasteiger partial charge in [-0.1, -0.05) is 18.3 Å². The Kier molecular flexibility index (Phi) is 4.90. The third kappa shape index (κ3) is 3.78. The molecule has 100 valence electrons. The quantitative estimate of drug-likeness (QED) is 0.762. The number of amides is 1. The Hall–Kier alpha value is -1.90. The van der Waals surface area contributed by atoms with Crippen LogP contribution in [-0.4, -0.2) is 40.7 Å². The van der Waals surface area contributed by atoms with E-state index in [1.807, 2.05) is 5.01 Å². The van der Waals surface area contributed by atoms with Gasteiger partial charge in [-0.05, 0) is 25.0 Å². The predicted octanol–water partition coefficient (Wildman–Crippen LogP) is 0.556. The minimum absolute atomic E-state index is 0.234. The average Bonchev–Trinajstić information content (AvgIpc) is 2.46.